The van der Waals surface area contributed by atoms with E-state index in [9.17, 15) is 0 Å². The minimum Gasteiger partial charge on any atom is -0.354 e. The molecular weight excluding hydrogens is 358 g/mol. The fourth-order valence-electron chi connectivity index (χ4n) is 3.98. The lowest BCUT2D eigenvalue weighted by molar-refractivity contribution is 1.44. The average Bonchev–Trinajstić information content (AvgIpc) is 3.11. The number of benzene rings is 4. The molecule has 0 bridgehead atoms. The molecule has 1 nitrogen and oxygen atoms in total. The van der Waals surface area contributed by atoms with E-state index in [1.165, 1.54) is 47.8 Å². The molecule has 0 spiro atoms. The maximum Gasteiger partial charge on any atom is 0.0590 e. The molecule has 0 aliphatic rings. The third-order valence-electron chi connectivity index (χ3n) is 5.37. The lowest BCUT2D eigenvalue weighted by atomic mass is 9.97. The van der Waals surface area contributed by atoms with E-state index in [1.807, 2.05) is 11.3 Å². The summed E-state index contributed by atoms with van der Waals surface area (Å²) in [6.45, 7) is 4.28. The Labute approximate surface area is 168 Å². The number of hydrogen-bond donors (Lipinski definition) is 1. The topological polar surface area (TPSA) is 12.0 Å². The smallest absolute Gasteiger partial charge is 0.0590 e. The first kappa shape index (κ1) is 17.0. The molecule has 5 aromatic rings. The first-order chi connectivity index (χ1) is 13.8. The standard InChI is InChI=1S/C26H21NS/c1-3-9-19-17(2)24(16-18-10-4-5-11-20(18)19)27-23-14-8-13-22-21-12-6-7-15-25(21)28-26(22)23/h3-16,27H,1-2H3/b9-3-. The molecule has 136 valence electrons. The number of hydrogen-bond acceptors (Lipinski definition) is 2. The first-order valence-corrected chi connectivity index (χ1v) is 10.4. The first-order valence-electron chi connectivity index (χ1n) is 9.58. The lowest BCUT2D eigenvalue weighted by Crippen LogP contribution is -1.96. The number of anilines is 2. The Hall–Kier alpha value is -3.10. The third-order valence-corrected chi connectivity index (χ3v) is 6.59. The van der Waals surface area contributed by atoms with Crippen LogP contribution in [0.3, 0.4) is 0 Å². The van der Waals surface area contributed by atoms with Crippen molar-refractivity contribution in [2.45, 2.75) is 13.8 Å². The molecule has 0 radical (unpaired) electrons. The predicted octanol–water partition coefficient (Wildman–Crippen LogP) is 8.29. The van der Waals surface area contributed by atoms with Gasteiger partial charge in [-0.05, 0) is 53.9 Å². The third kappa shape index (κ3) is 2.69. The van der Waals surface area contributed by atoms with Gasteiger partial charge >= 0.3 is 0 Å². The van der Waals surface area contributed by atoms with Gasteiger partial charge in [-0.25, -0.2) is 0 Å². The van der Waals surface area contributed by atoms with E-state index < -0.39 is 0 Å². The summed E-state index contributed by atoms with van der Waals surface area (Å²) in [7, 11) is 0. The maximum absolute atomic E-state index is 3.74. The van der Waals surface area contributed by atoms with Crippen molar-refractivity contribution in [1.29, 1.82) is 0 Å². The van der Waals surface area contributed by atoms with Crippen molar-refractivity contribution in [2.24, 2.45) is 0 Å². The molecule has 0 unspecified atom stereocenters. The number of rotatable bonds is 3. The summed E-state index contributed by atoms with van der Waals surface area (Å²) < 4.78 is 2.64. The van der Waals surface area contributed by atoms with Gasteiger partial charge in [0.15, 0.2) is 0 Å². The van der Waals surface area contributed by atoms with Crippen LogP contribution in [0.5, 0.6) is 0 Å². The van der Waals surface area contributed by atoms with Crippen LogP contribution in [0.25, 0.3) is 37.0 Å². The molecule has 0 amide bonds. The molecule has 0 saturated heterocycles. The Balaban J connectivity index is 1.71. The highest BCUT2D eigenvalue weighted by molar-refractivity contribution is 7.26. The van der Waals surface area contributed by atoms with Crippen LogP contribution in [0, 0.1) is 6.92 Å². The summed E-state index contributed by atoms with van der Waals surface area (Å²) >= 11 is 1.85. The second kappa shape index (κ2) is 6.81. The SMILES string of the molecule is C/C=C\c1c(C)c(Nc2cccc3c2sc2ccccc23)cc2ccccc12. The molecule has 0 fully saturated rings. The van der Waals surface area contributed by atoms with E-state index >= 15 is 0 Å². The fraction of sp³-hybridized carbons (Fsp3) is 0.0769. The van der Waals surface area contributed by atoms with Crippen molar-refractivity contribution in [3.05, 3.63) is 90.0 Å². The zero-order valence-corrected chi connectivity index (χ0v) is 16.8. The summed E-state index contributed by atoms with van der Waals surface area (Å²) in [6, 6.07) is 26.1. The van der Waals surface area contributed by atoms with Gasteiger partial charge in [-0.15, -0.1) is 11.3 Å². The van der Waals surface area contributed by atoms with E-state index in [0.29, 0.717) is 0 Å². The van der Waals surface area contributed by atoms with Gasteiger partial charge in [0, 0.05) is 21.2 Å². The van der Waals surface area contributed by atoms with Crippen molar-refractivity contribution in [1.82, 2.24) is 0 Å². The number of fused-ring (bicyclic) bond motifs is 4. The Morgan fingerprint density at radius 3 is 2.39 bits per heavy atom. The molecular formula is C26H21NS. The molecule has 28 heavy (non-hydrogen) atoms. The monoisotopic (exact) mass is 379 g/mol. The number of thiophene rings is 1. The van der Waals surface area contributed by atoms with E-state index in [0.717, 1.165) is 5.69 Å². The Bertz CT molecular complexity index is 1360. The largest absolute Gasteiger partial charge is 0.354 e. The molecule has 4 aromatic carbocycles. The fourth-order valence-corrected chi connectivity index (χ4v) is 5.15. The zero-order chi connectivity index (χ0) is 19.1. The van der Waals surface area contributed by atoms with Crippen LogP contribution in [-0.4, -0.2) is 0 Å². The quantitative estimate of drug-likeness (QED) is 0.332. The van der Waals surface area contributed by atoms with Gasteiger partial charge in [0.25, 0.3) is 0 Å². The molecule has 1 heterocycles. The van der Waals surface area contributed by atoms with Crippen LogP contribution in [0.4, 0.5) is 11.4 Å². The van der Waals surface area contributed by atoms with Gasteiger partial charge in [-0.2, -0.15) is 0 Å². The van der Waals surface area contributed by atoms with Crippen molar-refractivity contribution >= 4 is 59.7 Å². The zero-order valence-electron chi connectivity index (χ0n) is 16.0. The molecule has 0 aliphatic heterocycles. The van der Waals surface area contributed by atoms with Crippen molar-refractivity contribution in [3.8, 4) is 0 Å². The number of allylic oxidation sites excluding steroid dienone is 1. The second-order valence-electron chi connectivity index (χ2n) is 7.09. The highest BCUT2D eigenvalue weighted by atomic mass is 32.1. The second-order valence-corrected chi connectivity index (χ2v) is 8.14. The summed E-state index contributed by atoms with van der Waals surface area (Å²) in [5.74, 6) is 0. The van der Waals surface area contributed by atoms with E-state index in [-0.39, 0.29) is 0 Å². The normalized spacial score (nSPS) is 11.8. The minimum absolute atomic E-state index is 1.16. The van der Waals surface area contributed by atoms with Crippen molar-refractivity contribution in [3.63, 3.8) is 0 Å². The van der Waals surface area contributed by atoms with Gasteiger partial charge in [0.2, 0.25) is 0 Å². The predicted molar refractivity (Wildman–Crippen MR) is 126 cm³/mol. The van der Waals surface area contributed by atoms with E-state index in [2.05, 4.69) is 104 Å². The molecule has 5 rings (SSSR count). The maximum atomic E-state index is 3.74. The van der Waals surface area contributed by atoms with Gasteiger partial charge in [-0.1, -0.05) is 66.7 Å². The van der Waals surface area contributed by atoms with E-state index in [1.54, 1.807) is 0 Å². The Morgan fingerprint density at radius 2 is 1.54 bits per heavy atom. The summed E-state index contributed by atoms with van der Waals surface area (Å²) in [5.41, 5.74) is 4.89. The lowest BCUT2D eigenvalue weighted by Gasteiger charge is -2.15. The van der Waals surface area contributed by atoms with Gasteiger partial charge in [0.1, 0.15) is 0 Å². The van der Waals surface area contributed by atoms with Crippen LogP contribution in [0.1, 0.15) is 18.1 Å². The Kier molecular flexibility index (Phi) is 4.14. The molecule has 0 aliphatic carbocycles. The van der Waals surface area contributed by atoms with Crippen LogP contribution >= 0.6 is 11.3 Å². The van der Waals surface area contributed by atoms with Crippen LogP contribution < -0.4 is 5.32 Å². The summed E-state index contributed by atoms with van der Waals surface area (Å²) in [6.07, 6.45) is 4.33. The van der Waals surface area contributed by atoms with Crippen molar-refractivity contribution < 1.29 is 0 Å². The van der Waals surface area contributed by atoms with Gasteiger partial charge in [-0.3, -0.25) is 0 Å². The molecule has 1 N–H and O–H groups in total. The molecule has 2 heteroatoms. The highest BCUT2D eigenvalue weighted by Gasteiger charge is 2.12. The highest BCUT2D eigenvalue weighted by Crippen LogP contribution is 2.40. The Morgan fingerprint density at radius 1 is 0.786 bits per heavy atom. The summed E-state index contributed by atoms with van der Waals surface area (Å²) in [5, 5.41) is 8.94. The van der Waals surface area contributed by atoms with Crippen molar-refractivity contribution in [2.75, 3.05) is 5.32 Å². The molecule has 0 saturated carbocycles. The van der Waals surface area contributed by atoms with Gasteiger partial charge < -0.3 is 5.32 Å². The molecule has 1 aromatic heterocycles. The van der Waals surface area contributed by atoms with E-state index in [4.69, 9.17) is 0 Å². The number of nitrogens with one attached hydrogen (secondary N) is 1. The van der Waals surface area contributed by atoms with Gasteiger partial charge in [0.05, 0.1) is 10.4 Å². The molecule has 0 atom stereocenters. The van der Waals surface area contributed by atoms with Crippen LogP contribution in [-0.2, 0) is 0 Å². The summed E-state index contributed by atoms with van der Waals surface area (Å²) in [4.78, 5) is 0. The van der Waals surface area contributed by atoms with Crippen LogP contribution in [0.15, 0.2) is 78.9 Å². The minimum atomic E-state index is 1.16. The van der Waals surface area contributed by atoms with Crippen LogP contribution in [0.2, 0.25) is 0 Å². The average molecular weight is 380 g/mol.